The topological polar surface area (TPSA) is 20.3 Å². The zero-order valence-electron chi connectivity index (χ0n) is 6.85. The summed E-state index contributed by atoms with van der Waals surface area (Å²) in [6.07, 6.45) is 3.42. The number of carbonyl (C=O) groups is 1. The van der Waals surface area contributed by atoms with E-state index in [0.29, 0.717) is 0 Å². The quantitative estimate of drug-likeness (QED) is 0.409. The molecular formula is C8H14ClNO. The van der Waals surface area contributed by atoms with Gasteiger partial charge in [-0.1, -0.05) is 6.92 Å². The zero-order chi connectivity index (χ0) is 8.27. The minimum absolute atomic E-state index is 0.292. The van der Waals surface area contributed by atoms with E-state index < -0.39 is 0 Å². The van der Waals surface area contributed by atoms with Crippen LogP contribution in [-0.2, 0) is 0 Å². The number of amides is 1. The lowest BCUT2D eigenvalue weighted by Gasteiger charge is -2.15. The Morgan fingerprint density at radius 1 is 1.45 bits per heavy atom. The molecule has 1 saturated heterocycles. The van der Waals surface area contributed by atoms with Crippen LogP contribution in [0.2, 0.25) is 0 Å². The van der Waals surface area contributed by atoms with Gasteiger partial charge in [-0.3, -0.25) is 4.79 Å². The summed E-state index contributed by atoms with van der Waals surface area (Å²) in [5.41, 5.74) is 0. The van der Waals surface area contributed by atoms with Crippen LogP contribution in [0.15, 0.2) is 0 Å². The maximum Gasteiger partial charge on any atom is 0.316 e. The van der Waals surface area contributed by atoms with Gasteiger partial charge in [-0.15, -0.1) is 0 Å². The van der Waals surface area contributed by atoms with E-state index in [1.807, 2.05) is 0 Å². The zero-order valence-corrected chi connectivity index (χ0v) is 7.60. The van der Waals surface area contributed by atoms with Crippen LogP contribution in [0.5, 0.6) is 0 Å². The SMILES string of the molecule is CC1CCCN(C(=O)Cl)CC1. The van der Waals surface area contributed by atoms with Crippen molar-refractivity contribution in [1.82, 2.24) is 4.90 Å². The lowest BCUT2D eigenvalue weighted by Crippen LogP contribution is -2.26. The van der Waals surface area contributed by atoms with Crippen LogP contribution >= 0.6 is 11.6 Å². The molecule has 0 aromatic heterocycles. The number of rotatable bonds is 0. The third-order valence-corrected chi connectivity index (χ3v) is 2.50. The minimum Gasteiger partial charge on any atom is -0.329 e. The monoisotopic (exact) mass is 175 g/mol. The maximum atomic E-state index is 10.7. The summed E-state index contributed by atoms with van der Waals surface area (Å²) in [5.74, 6) is 0.746. The van der Waals surface area contributed by atoms with Crippen LogP contribution in [0.3, 0.4) is 0 Å². The summed E-state index contributed by atoms with van der Waals surface area (Å²) in [5, 5.41) is -0.292. The molecule has 1 aliphatic rings. The molecule has 0 aromatic rings. The maximum absolute atomic E-state index is 10.7. The van der Waals surface area contributed by atoms with Gasteiger partial charge in [0.1, 0.15) is 0 Å². The molecule has 11 heavy (non-hydrogen) atoms. The van der Waals surface area contributed by atoms with E-state index in [1.165, 1.54) is 6.42 Å². The predicted molar refractivity (Wildman–Crippen MR) is 45.8 cm³/mol. The van der Waals surface area contributed by atoms with E-state index in [4.69, 9.17) is 11.6 Å². The Balaban J connectivity index is 2.40. The highest BCUT2D eigenvalue weighted by Crippen LogP contribution is 2.17. The molecule has 3 heteroatoms. The van der Waals surface area contributed by atoms with Gasteiger partial charge in [-0.2, -0.15) is 0 Å². The molecule has 1 rings (SSSR count). The van der Waals surface area contributed by atoms with Gasteiger partial charge in [0.2, 0.25) is 0 Å². The Kier molecular flexibility index (Phi) is 3.18. The predicted octanol–water partition coefficient (Wildman–Crippen LogP) is 2.47. The molecular weight excluding hydrogens is 162 g/mol. The molecule has 0 bridgehead atoms. The standard InChI is InChI=1S/C8H14ClNO/c1-7-3-2-5-10(6-4-7)8(9)11/h7H,2-6H2,1H3. The van der Waals surface area contributed by atoms with E-state index >= 15 is 0 Å². The smallest absolute Gasteiger partial charge is 0.316 e. The molecule has 2 nitrogen and oxygen atoms in total. The first kappa shape index (κ1) is 8.85. The summed E-state index contributed by atoms with van der Waals surface area (Å²) < 4.78 is 0. The van der Waals surface area contributed by atoms with Gasteiger partial charge in [-0.05, 0) is 36.8 Å². The Bertz CT molecular complexity index is 149. The fourth-order valence-electron chi connectivity index (χ4n) is 1.44. The van der Waals surface area contributed by atoms with Crippen molar-refractivity contribution in [1.29, 1.82) is 0 Å². The molecule has 1 unspecified atom stereocenters. The number of carbonyl (C=O) groups excluding carboxylic acids is 1. The molecule has 1 amide bonds. The molecule has 0 aromatic carbocycles. The number of likely N-dealkylation sites (tertiary alicyclic amines) is 1. The fourth-order valence-corrected chi connectivity index (χ4v) is 1.61. The van der Waals surface area contributed by atoms with Crippen LogP contribution in [0.1, 0.15) is 26.2 Å². The van der Waals surface area contributed by atoms with Crippen molar-refractivity contribution in [2.24, 2.45) is 5.92 Å². The van der Waals surface area contributed by atoms with Gasteiger partial charge in [0, 0.05) is 13.1 Å². The summed E-state index contributed by atoms with van der Waals surface area (Å²) in [6, 6.07) is 0. The Morgan fingerprint density at radius 2 is 2.18 bits per heavy atom. The number of halogens is 1. The fraction of sp³-hybridized carbons (Fsp3) is 0.875. The largest absolute Gasteiger partial charge is 0.329 e. The highest BCUT2D eigenvalue weighted by atomic mass is 35.5. The first-order chi connectivity index (χ1) is 5.20. The van der Waals surface area contributed by atoms with E-state index in [0.717, 1.165) is 31.8 Å². The van der Waals surface area contributed by atoms with Crippen LogP contribution in [0.25, 0.3) is 0 Å². The Labute approximate surface area is 72.5 Å². The molecule has 1 fully saturated rings. The van der Waals surface area contributed by atoms with Gasteiger partial charge in [0.25, 0.3) is 0 Å². The molecule has 0 spiro atoms. The summed E-state index contributed by atoms with van der Waals surface area (Å²) in [4.78, 5) is 12.5. The second kappa shape index (κ2) is 3.96. The minimum atomic E-state index is -0.292. The normalized spacial score (nSPS) is 26.4. The third kappa shape index (κ3) is 2.70. The van der Waals surface area contributed by atoms with Gasteiger partial charge >= 0.3 is 5.37 Å². The molecule has 0 N–H and O–H groups in total. The van der Waals surface area contributed by atoms with Crippen molar-refractivity contribution < 1.29 is 4.79 Å². The van der Waals surface area contributed by atoms with Crippen molar-refractivity contribution in [3.63, 3.8) is 0 Å². The third-order valence-electron chi connectivity index (χ3n) is 2.27. The molecule has 1 aliphatic heterocycles. The molecule has 1 atom stereocenters. The molecule has 1 heterocycles. The van der Waals surface area contributed by atoms with E-state index in [1.54, 1.807) is 4.90 Å². The van der Waals surface area contributed by atoms with Crippen LogP contribution in [0.4, 0.5) is 4.79 Å². The van der Waals surface area contributed by atoms with Crippen LogP contribution in [0, 0.1) is 5.92 Å². The summed E-state index contributed by atoms with van der Waals surface area (Å²) in [7, 11) is 0. The van der Waals surface area contributed by atoms with Gasteiger partial charge in [0.05, 0.1) is 0 Å². The first-order valence-corrected chi connectivity index (χ1v) is 4.52. The van der Waals surface area contributed by atoms with Crippen molar-refractivity contribution in [3.8, 4) is 0 Å². The van der Waals surface area contributed by atoms with Crippen LogP contribution in [-0.4, -0.2) is 23.4 Å². The molecule has 0 aliphatic carbocycles. The number of nitrogens with zero attached hydrogens (tertiary/aromatic N) is 1. The molecule has 0 saturated carbocycles. The van der Waals surface area contributed by atoms with Crippen molar-refractivity contribution in [2.75, 3.05) is 13.1 Å². The molecule has 64 valence electrons. The second-order valence-corrected chi connectivity index (χ2v) is 3.60. The second-order valence-electron chi connectivity index (χ2n) is 3.28. The lowest BCUT2D eigenvalue weighted by atomic mass is 10.0. The van der Waals surface area contributed by atoms with Crippen molar-refractivity contribution >= 4 is 17.0 Å². The van der Waals surface area contributed by atoms with E-state index in [9.17, 15) is 4.79 Å². The summed E-state index contributed by atoms with van der Waals surface area (Å²) >= 11 is 5.36. The highest BCUT2D eigenvalue weighted by molar-refractivity contribution is 6.62. The highest BCUT2D eigenvalue weighted by Gasteiger charge is 2.15. The Hall–Kier alpha value is -0.240. The van der Waals surface area contributed by atoms with Crippen LogP contribution < -0.4 is 0 Å². The molecule has 0 radical (unpaired) electrons. The lowest BCUT2D eigenvalue weighted by molar-refractivity contribution is 0.223. The first-order valence-electron chi connectivity index (χ1n) is 4.14. The average Bonchev–Trinajstić information content (AvgIpc) is 2.13. The number of hydrogen-bond donors (Lipinski definition) is 0. The van der Waals surface area contributed by atoms with E-state index in [-0.39, 0.29) is 5.37 Å². The summed E-state index contributed by atoms with van der Waals surface area (Å²) in [6.45, 7) is 3.90. The Morgan fingerprint density at radius 3 is 2.82 bits per heavy atom. The number of hydrogen-bond acceptors (Lipinski definition) is 1. The van der Waals surface area contributed by atoms with Gasteiger partial charge in [-0.25, -0.2) is 0 Å². The van der Waals surface area contributed by atoms with Crippen molar-refractivity contribution in [2.45, 2.75) is 26.2 Å². The van der Waals surface area contributed by atoms with Gasteiger partial charge < -0.3 is 4.90 Å². The van der Waals surface area contributed by atoms with Crippen molar-refractivity contribution in [3.05, 3.63) is 0 Å². The average molecular weight is 176 g/mol. The van der Waals surface area contributed by atoms with Gasteiger partial charge in [0.15, 0.2) is 0 Å². The van der Waals surface area contributed by atoms with E-state index in [2.05, 4.69) is 6.92 Å².